The van der Waals surface area contributed by atoms with Crippen LogP contribution in [0.15, 0.2) is 36.8 Å². The lowest BCUT2D eigenvalue weighted by molar-refractivity contribution is -0.276. The predicted molar refractivity (Wildman–Crippen MR) is 142 cm³/mol. The summed E-state index contributed by atoms with van der Waals surface area (Å²) in [4.78, 5) is 27.8. The Morgan fingerprint density at radius 3 is 2.45 bits per heavy atom. The minimum atomic E-state index is -5.32. The number of imidazole rings is 1. The molecule has 0 N–H and O–H groups in total. The molecule has 0 bridgehead atoms. The van der Waals surface area contributed by atoms with E-state index in [1.165, 1.54) is 6.07 Å². The molecular formula is C27H22ClF6N5O2S. The van der Waals surface area contributed by atoms with Crippen molar-refractivity contribution in [2.45, 2.75) is 56.6 Å². The first-order valence-corrected chi connectivity index (χ1v) is 14.3. The molecule has 1 amide bonds. The van der Waals surface area contributed by atoms with Crippen molar-refractivity contribution in [2.24, 2.45) is 0 Å². The Morgan fingerprint density at radius 2 is 1.79 bits per heavy atom. The second kappa shape index (κ2) is 10.7. The van der Waals surface area contributed by atoms with E-state index in [9.17, 15) is 31.1 Å². The van der Waals surface area contributed by atoms with Crippen LogP contribution in [0.3, 0.4) is 0 Å². The highest BCUT2D eigenvalue weighted by Crippen LogP contribution is 2.52. The summed E-state index contributed by atoms with van der Waals surface area (Å²) >= 11 is 7.59. The number of hydrogen-bond donors (Lipinski definition) is 0. The van der Waals surface area contributed by atoms with Crippen molar-refractivity contribution in [3.63, 3.8) is 0 Å². The van der Waals surface area contributed by atoms with Crippen LogP contribution >= 0.6 is 22.9 Å². The van der Waals surface area contributed by atoms with Gasteiger partial charge in [0, 0.05) is 30.8 Å². The number of halogens is 7. The van der Waals surface area contributed by atoms with Gasteiger partial charge in [-0.05, 0) is 61.4 Å². The van der Waals surface area contributed by atoms with Crippen molar-refractivity contribution in [2.75, 3.05) is 13.1 Å². The molecule has 6 rings (SSSR count). The Morgan fingerprint density at radius 1 is 1.05 bits per heavy atom. The zero-order chi connectivity index (χ0) is 29.8. The molecule has 4 aromatic rings. The summed E-state index contributed by atoms with van der Waals surface area (Å²) in [5.41, 5.74) is -0.230. The Bertz CT molecular complexity index is 1640. The van der Waals surface area contributed by atoms with Gasteiger partial charge in [-0.25, -0.2) is 15.0 Å². The molecule has 0 unspecified atom stereocenters. The highest BCUT2D eigenvalue weighted by atomic mass is 35.5. The number of likely N-dealkylation sites (tertiary alicyclic amines) is 1. The van der Waals surface area contributed by atoms with Gasteiger partial charge in [0.05, 0.1) is 11.3 Å². The highest BCUT2D eigenvalue weighted by Gasteiger charge is 2.44. The summed E-state index contributed by atoms with van der Waals surface area (Å²) in [6.07, 6.45) is -5.16. The lowest BCUT2D eigenvalue weighted by atomic mass is 9.96. The van der Waals surface area contributed by atoms with Gasteiger partial charge in [-0.2, -0.15) is 13.2 Å². The fourth-order valence-electron chi connectivity index (χ4n) is 5.30. The predicted octanol–water partition coefficient (Wildman–Crippen LogP) is 7.41. The average molecular weight is 630 g/mol. The van der Waals surface area contributed by atoms with Crippen LogP contribution in [-0.4, -0.2) is 49.8 Å². The zero-order valence-corrected chi connectivity index (χ0v) is 23.2. The van der Waals surface area contributed by atoms with E-state index < -0.39 is 29.8 Å². The Labute approximate surface area is 244 Å². The molecule has 7 nitrogen and oxygen atoms in total. The summed E-state index contributed by atoms with van der Waals surface area (Å²) < 4.78 is 86.7. The molecule has 3 aromatic heterocycles. The van der Waals surface area contributed by atoms with E-state index >= 15 is 0 Å². The quantitative estimate of drug-likeness (QED) is 0.208. The van der Waals surface area contributed by atoms with Gasteiger partial charge < -0.3 is 14.2 Å². The maximum Gasteiger partial charge on any atom is 0.573 e. The molecule has 1 saturated heterocycles. The Balaban J connectivity index is 1.21. The first-order chi connectivity index (χ1) is 19.9. The molecule has 1 aliphatic carbocycles. The number of carbonyl (C=O) groups excluding carboxylic acids is 1. The zero-order valence-electron chi connectivity index (χ0n) is 21.7. The molecule has 42 heavy (non-hydrogen) atoms. The van der Waals surface area contributed by atoms with Gasteiger partial charge >= 0.3 is 12.5 Å². The number of amides is 1. The van der Waals surface area contributed by atoms with E-state index in [4.69, 9.17) is 11.6 Å². The van der Waals surface area contributed by atoms with E-state index in [-0.39, 0.29) is 39.5 Å². The summed E-state index contributed by atoms with van der Waals surface area (Å²) in [7, 11) is 0. The number of benzene rings is 1. The molecule has 0 spiro atoms. The fraction of sp³-hybridized carbons (Fsp3) is 0.407. The molecule has 1 saturated carbocycles. The van der Waals surface area contributed by atoms with E-state index in [0.717, 1.165) is 11.3 Å². The summed E-state index contributed by atoms with van der Waals surface area (Å²) in [6, 6.07) is 5.51. The number of alkyl halides is 6. The minimum absolute atomic E-state index is 0.0328. The van der Waals surface area contributed by atoms with Gasteiger partial charge in [0.1, 0.15) is 33.4 Å². The van der Waals surface area contributed by atoms with Crippen LogP contribution in [0, 0.1) is 0 Å². The molecule has 1 aromatic carbocycles. The lowest BCUT2D eigenvalue weighted by Crippen LogP contribution is -2.39. The van der Waals surface area contributed by atoms with Crippen LogP contribution in [0.25, 0.3) is 22.4 Å². The van der Waals surface area contributed by atoms with Crippen molar-refractivity contribution in [3.05, 3.63) is 57.3 Å². The number of rotatable bonds is 6. The number of fused-ring (bicyclic) bond motifs is 1. The molecule has 4 heterocycles. The van der Waals surface area contributed by atoms with Crippen LogP contribution in [0.4, 0.5) is 26.3 Å². The second-order valence-electron chi connectivity index (χ2n) is 10.3. The number of hydrogen-bond acceptors (Lipinski definition) is 6. The lowest BCUT2D eigenvalue weighted by Gasteiger charge is -2.31. The van der Waals surface area contributed by atoms with Gasteiger partial charge in [-0.1, -0.05) is 11.6 Å². The number of aromatic nitrogens is 4. The molecule has 15 heteroatoms. The number of ether oxygens (including phenoxy) is 1. The standard InChI is InChI=1S/C27H22ClF6N5O2S/c28-23-22(16-10-17(14-3-4-14)21(26(29,30)31)19(11-16)41-27(32,33)34)37-25(42-23)15-5-8-38(9-6-15)20(40)12-39-13-36-18-2-1-7-35-24(18)39/h1-2,7,10-11,13-15H,3-6,8-9,12H2. The molecule has 2 aliphatic rings. The molecule has 0 atom stereocenters. The normalized spacial score (nSPS) is 16.8. The fourth-order valence-corrected chi connectivity index (χ4v) is 6.67. The third-order valence-corrected chi connectivity index (χ3v) is 8.83. The molecule has 222 valence electrons. The van der Waals surface area contributed by atoms with E-state index in [1.807, 2.05) is 6.07 Å². The van der Waals surface area contributed by atoms with Gasteiger partial charge in [0.25, 0.3) is 0 Å². The van der Waals surface area contributed by atoms with Crippen molar-refractivity contribution in [1.29, 1.82) is 0 Å². The van der Waals surface area contributed by atoms with E-state index in [1.54, 1.807) is 28.1 Å². The number of carbonyl (C=O) groups is 1. The van der Waals surface area contributed by atoms with E-state index in [0.29, 0.717) is 61.0 Å². The molecule has 2 fully saturated rings. The summed E-state index contributed by atoms with van der Waals surface area (Å²) in [6.45, 7) is 0.989. The largest absolute Gasteiger partial charge is 0.573 e. The summed E-state index contributed by atoms with van der Waals surface area (Å²) in [5.74, 6) is -2.00. The summed E-state index contributed by atoms with van der Waals surface area (Å²) in [5, 5.41) is 0.609. The van der Waals surface area contributed by atoms with Crippen LogP contribution in [0.5, 0.6) is 5.75 Å². The van der Waals surface area contributed by atoms with E-state index in [2.05, 4.69) is 19.7 Å². The first-order valence-electron chi connectivity index (χ1n) is 13.1. The third kappa shape index (κ3) is 5.91. The highest BCUT2D eigenvalue weighted by molar-refractivity contribution is 7.16. The Hall–Kier alpha value is -3.39. The maximum absolute atomic E-state index is 13.9. The molecule has 0 radical (unpaired) electrons. The maximum atomic E-state index is 13.9. The monoisotopic (exact) mass is 629 g/mol. The van der Waals surface area contributed by atoms with Gasteiger partial charge in [0.2, 0.25) is 5.91 Å². The van der Waals surface area contributed by atoms with Crippen LogP contribution < -0.4 is 4.74 Å². The van der Waals surface area contributed by atoms with Gasteiger partial charge in [-0.3, -0.25) is 4.79 Å². The van der Waals surface area contributed by atoms with Crippen molar-refractivity contribution >= 4 is 40.0 Å². The number of thiazole rings is 1. The van der Waals surface area contributed by atoms with Gasteiger partial charge in [0.15, 0.2) is 5.65 Å². The van der Waals surface area contributed by atoms with Crippen molar-refractivity contribution in [3.8, 4) is 17.0 Å². The average Bonchev–Trinajstić information content (AvgIpc) is 3.59. The second-order valence-corrected chi connectivity index (χ2v) is 11.9. The SMILES string of the molecule is O=C(Cn1cnc2cccnc21)N1CCC(c2nc(-c3cc(OC(F)(F)F)c(C(F)(F)F)c(C4CC4)c3)c(Cl)s2)CC1. The topological polar surface area (TPSA) is 73.1 Å². The number of nitrogens with zero attached hydrogens (tertiary/aromatic N) is 5. The third-order valence-electron chi connectivity index (χ3n) is 7.41. The van der Waals surface area contributed by atoms with Crippen molar-refractivity contribution in [1.82, 2.24) is 24.4 Å². The van der Waals surface area contributed by atoms with Crippen LogP contribution in [-0.2, 0) is 17.5 Å². The molecular weight excluding hydrogens is 608 g/mol. The van der Waals surface area contributed by atoms with Crippen molar-refractivity contribution < 1.29 is 35.9 Å². The number of piperidine rings is 1. The first kappa shape index (κ1) is 28.7. The molecule has 1 aliphatic heterocycles. The smallest absolute Gasteiger partial charge is 0.405 e. The Kier molecular flexibility index (Phi) is 7.32. The van der Waals surface area contributed by atoms with Gasteiger partial charge in [-0.15, -0.1) is 24.5 Å². The number of pyridine rings is 1. The van der Waals surface area contributed by atoms with Crippen LogP contribution in [0.2, 0.25) is 4.34 Å². The van der Waals surface area contributed by atoms with Crippen LogP contribution in [0.1, 0.15) is 53.7 Å². The minimum Gasteiger partial charge on any atom is -0.405 e.